The van der Waals surface area contributed by atoms with Crippen LogP contribution < -0.4 is 20.4 Å². The normalized spacial score (nSPS) is 17.8. The lowest BCUT2D eigenvalue weighted by Gasteiger charge is -2.32. The summed E-state index contributed by atoms with van der Waals surface area (Å²) in [6.07, 6.45) is 0. The number of nitrogens with zero attached hydrogens (tertiary/aromatic N) is 5. The third-order valence-corrected chi connectivity index (χ3v) is 8.92. The van der Waals surface area contributed by atoms with Crippen LogP contribution in [0.15, 0.2) is 72.8 Å². The number of benzene rings is 3. The maximum atomic E-state index is 14.3. The summed E-state index contributed by atoms with van der Waals surface area (Å²) >= 11 is 0. The second-order valence-electron chi connectivity index (χ2n) is 12.0. The Kier molecular flexibility index (Phi) is 10.8. The van der Waals surface area contributed by atoms with E-state index in [1.807, 2.05) is 54.6 Å². The van der Waals surface area contributed by atoms with E-state index in [2.05, 4.69) is 27.5 Å². The summed E-state index contributed by atoms with van der Waals surface area (Å²) in [4.78, 5) is 61.8. The highest BCUT2D eigenvalue weighted by Crippen LogP contribution is 2.42. The number of carbonyl (C=O) groups excluding carboxylic acids is 3. The number of anilines is 3. The minimum atomic E-state index is -1.15. The van der Waals surface area contributed by atoms with Gasteiger partial charge in [0.1, 0.15) is 0 Å². The number of hydrogen-bond acceptors (Lipinski definition) is 8. The number of aromatic carboxylic acids is 1. The van der Waals surface area contributed by atoms with Gasteiger partial charge < -0.3 is 30.4 Å². The van der Waals surface area contributed by atoms with Crippen molar-refractivity contribution in [2.45, 2.75) is 0 Å². The number of likely N-dealkylation sites (N-methyl/N-ethyl adjacent to an activating group) is 2. The first kappa shape index (κ1) is 34.6. The molecule has 0 saturated carbocycles. The van der Waals surface area contributed by atoms with Gasteiger partial charge in [-0.15, -0.1) is 12.4 Å². The first-order chi connectivity index (χ1) is 22.7. The number of carbonyl (C=O) groups is 4. The molecule has 2 saturated heterocycles. The second-order valence-corrected chi connectivity index (χ2v) is 12.0. The van der Waals surface area contributed by atoms with Gasteiger partial charge >= 0.3 is 12.0 Å². The Morgan fingerprint density at radius 1 is 0.875 bits per heavy atom. The van der Waals surface area contributed by atoms with Gasteiger partial charge in [-0.3, -0.25) is 14.5 Å². The van der Waals surface area contributed by atoms with Gasteiger partial charge in [0.05, 0.1) is 29.1 Å². The van der Waals surface area contributed by atoms with E-state index in [-0.39, 0.29) is 35.1 Å². The van der Waals surface area contributed by atoms with E-state index in [0.717, 1.165) is 36.8 Å². The van der Waals surface area contributed by atoms with E-state index < -0.39 is 17.9 Å². The number of hydrogen-bond donors (Lipinski definition) is 3. The molecule has 13 heteroatoms. The van der Waals surface area contributed by atoms with Crippen molar-refractivity contribution in [3.05, 3.63) is 89.5 Å². The second kappa shape index (κ2) is 15.0. The smallest absolute Gasteiger partial charge is 0.335 e. The molecule has 4 amide bonds. The van der Waals surface area contributed by atoms with Crippen LogP contribution in [-0.2, 0) is 9.59 Å². The Bertz CT molecular complexity index is 1700. The highest BCUT2D eigenvalue weighted by atomic mass is 35.5. The molecule has 2 fully saturated rings. The van der Waals surface area contributed by atoms with E-state index in [4.69, 9.17) is 0 Å². The molecule has 0 unspecified atom stereocenters. The summed E-state index contributed by atoms with van der Waals surface area (Å²) in [6.45, 7) is 5.99. The molecule has 3 aliphatic rings. The van der Waals surface area contributed by atoms with Crippen LogP contribution >= 0.6 is 12.4 Å². The molecule has 3 heterocycles. The van der Waals surface area contributed by atoms with Crippen LogP contribution in [0.5, 0.6) is 0 Å². The minimum absolute atomic E-state index is 0. The number of carboxylic acids is 1. The fourth-order valence-electron chi connectivity index (χ4n) is 6.07. The van der Waals surface area contributed by atoms with Gasteiger partial charge in [0.2, 0.25) is 5.91 Å². The molecule has 0 bridgehead atoms. The van der Waals surface area contributed by atoms with Gasteiger partial charge in [-0.25, -0.2) is 14.5 Å². The van der Waals surface area contributed by atoms with Crippen molar-refractivity contribution in [2.75, 3.05) is 88.1 Å². The number of rotatable bonds is 7. The molecular formula is C35H40ClN7O5. The number of carboxylic acid groups (broad SMARTS) is 1. The maximum absolute atomic E-state index is 14.3. The van der Waals surface area contributed by atoms with E-state index in [1.54, 1.807) is 22.9 Å². The summed E-state index contributed by atoms with van der Waals surface area (Å²) < 4.78 is 0. The third-order valence-electron chi connectivity index (χ3n) is 8.92. The molecule has 48 heavy (non-hydrogen) atoms. The fraction of sp³-hybridized carbons (Fsp3) is 0.314. The SMILES string of the molecule is CN1CCN(CC(=O)N(C)c2ccc(NC(=C3C(=O)N(C(=O)N4CCNCC4)c4cc(C(=O)O)ccc43)c3ccccc3)cc2)CC1.Cl. The van der Waals surface area contributed by atoms with E-state index in [0.29, 0.717) is 55.2 Å². The van der Waals surface area contributed by atoms with Crippen LogP contribution in [0.3, 0.4) is 0 Å². The van der Waals surface area contributed by atoms with Crippen LogP contribution in [0, 0.1) is 0 Å². The summed E-state index contributed by atoms with van der Waals surface area (Å²) in [5.41, 5.74) is 3.53. The molecule has 0 atom stereocenters. The largest absolute Gasteiger partial charge is 0.478 e. The number of fused-ring (bicyclic) bond motifs is 1. The van der Waals surface area contributed by atoms with Crippen molar-refractivity contribution in [2.24, 2.45) is 0 Å². The predicted octanol–water partition coefficient (Wildman–Crippen LogP) is 3.37. The maximum Gasteiger partial charge on any atom is 0.335 e. The highest BCUT2D eigenvalue weighted by Gasteiger charge is 2.41. The zero-order valence-corrected chi connectivity index (χ0v) is 27.8. The molecule has 0 radical (unpaired) electrons. The van der Waals surface area contributed by atoms with Gasteiger partial charge in [-0.05, 0) is 49.0 Å². The number of nitrogens with one attached hydrogen (secondary N) is 2. The molecule has 252 valence electrons. The quantitative estimate of drug-likeness (QED) is 0.324. The van der Waals surface area contributed by atoms with Gasteiger partial charge in [-0.1, -0.05) is 36.4 Å². The molecule has 6 rings (SSSR count). The first-order valence-electron chi connectivity index (χ1n) is 15.8. The molecule has 0 aromatic heterocycles. The highest BCUT2D eigenvalue weighted by molar-refractivity contribution is 6.44. The molecule has 3 N–H and O–H groups in total. The van der Waals surface area contributed by atoms with Crippen LogP contribution in [0.25, 0.3) is 11.3 Å². The van der Waals surface area contributed by atoms with Gasteiger partial charge in [0.15, 0.2) is 0 Å². The van der Waals surface area contributed by atoms with Crippen LogP contribution in [0.1, 0.15) is 21.5 Å². The molecule has 3 aliphatic heterocycles. The zero-order chi connectivity index (χ0) is 33.1. The van der Waals surface area contributed by atoms with E-state index in [9.17, 15) is 24.3 Å². The van der Waals surface area contributed by atoms with Crippen LogP contribution in [0.4, 0.5) is 21.9 Å². The number of urea groups is 1. The summed E-state index contributed by atoms with van der Waals surface area (Å²) in [6, 6.07) is 20.6. The number of halogens is 1. The topological polar surface area (TPSA) is 129 Å². The minimum Gasteiger partial charge on any atom is -0.478 e. The molecule has 0 aliphatic carbocycles. The molecular weight excluding hydrogens is 634 g/mol. The van der Waals surface area contributed by atoms with Crippen molar-refractivity contribution in [1.29, 1.82) is 0 Å². The zero-order valence-electron chi connectivity index (χ0n) is 27.0. The Morgan fingerprint density at radius 2 is 1.54 bits per heavy atom. The molecule has 12 nitrogen and oxygen atoms in total. The number of amides is 4. The lowest BCUT2D eigenvalue weighted by atomic mass is 9.99. The van der Waals surface area contributed by atoms with E-state index >= 15 is 0 Å². The Labute approximate surface area is 286 Å². The van der Waals surface area contributed by atoms with Crippen LogP contribution in [-0.4, -0.2) is 117 Å². The standard InChI is InChI=1S/C35H39N7O5.ClH/c1-38-18-20-40(21-19-38)23-30(43)39(2)27-11-9-26(10-12-27)37-32(24-6-4-3-5-7-24)31-28-13-8-25(34(45)46)22-29(28)42(33(31)44)35(47)41-16-14-36-15-17-41;/h3-13,22,36-37H,14-21,23H2,1-2H3,(H,45,46);1H. The Balaban J connectivity index is 0.00000451. The lowest BCUT2D eigenvalue weighted by Crippen LogP contribution is -2.52. The fourth-order valence-corrected chi connectivity index (χ4v) is 6.07. The van der Waals surface area contributed by atoms with Crippen molar-refractivity contribution in [1.82, 2.24) is 20.0 Å². The lowest BCUT2D eigenvalue weighted by molar-refractivity contribution is -0.119. The molecule has 3 aromatic rings. The third kappa shape index (κ3) is 7.21. The monoisotopic (exact) mass is 673 g/mol. The van der Waals surface area contributed by atoms with Gasteiger partial charge in [0, 0.05) is 76.3 Å². The van der Waals surface area contributed by atoms with Crippen molar-refractivity contribution in [3.63, 3.8) is 0 Å². The van der Waals surface area contributed by atoms with Crippen molar-refractivity contribution in [3.8, 4) is 0 Å². The first-order valence-corrected chi connectivity index (χ1v) is 15.8. The molecule has 3 aromatic carbocycles. The Hall–Kier alpha value is -4.75. The van der Waals surface area contributed by atoms with Crippen molar-refractivity contribution < 1.29 is 24.3 Å². The number of piperazine rings is 2. The summed E-state index contributed by atoms with van der Waals surface area (Å²) in [7, 11) is 3.85. The molecule has 0 spiro atoms. The van der Waals surface area contributed by atoms with E-state index in [1.165, 1.54) is 12.1 Å². The predicted molar refractivity (Wildman–Crippen MR) is 189 cm³/mol. The van der Waals surface area contributed by atoms with Crippen molar-refractivity contribution >= 4 is 64.6 Å². The van der Waals surface area contributed by atoms with Gasteiger partial charge in [0.25, 0.3) is 5.91 Å². The average molecular weight is 674 g/mol. The number of imide groups is 1. The summed E-state index contributed by atoms with van der Waals surface area (Å²) in [5, 5.41) is 16.4. The van der Waals surface area contributed by atoms with Gasteiger partial charge in [-0.2, -0.15) is 0 Å². The average Bonchev–Trinajstić information content (AvgIpc) is 3.39. The van der Waals surface area contributed by atoms with Crippen LogP contribution in [0.2, 0.25) is 0 Å². The summed E-state index contributed by atoms with van der Waals surface area (Å²) in [5.74, 6) is -1.69. The Morgan fingerprint density at radius 3 is 2.19 bits per heavy atom.